The van der Waals surface area contributed by atoms with Crippen LogP contribution in [0.5, 0.6) is 0 Å². The van der Waals surface area contributed by atoms with Crippen LogP contribution in [0.3, 0.4) is 0 Å². The van der Waals surface area contributed by atoms with Gasteiger partial charge in [-0.15, -0.1) is 6.58 Å². The normalized spacial score (nSPS) is 18.3. The second-order valence-electron chi connectivity index (χ2n) is 5.46. The Morgan fingerprint density at radius 2 is 2.10 bits per heavy atom. The van der Waals surface area contributed by atoms with Gasteiger partial charge in [-0.1, -0.05) is 12.1 Å². The number of rotatable bonds is 4. The molecule has 1 saturated heterocycles. The Kier molecular flexibility index (Phi) is 4.78. The summed E-state index contributed by atoms with van der Waals surface area (Å²) in [5, 5.41) is 9.18. The highest BCUT2D eigenvalue weighted by Gasteiger charge is 2.28. The van der Waals surface area contributed by atoms with Gasteiger partial charge >= 0.3 is 5.97 Å². The number of likely N-dealkylation sites (tertiary alicyclic amines) is 1. The fourth-order valence-electron chi connectivity index (χ4n) is 2.96. The minimum atomic E-state index is -0.997. The van der Waals surface area contributed by atoms with Crippen molar-refractivity contribution in [1.29, 1.82) is 0 Å². The number of aromatic carboxylic acids is 1. The van der Waals surface area contributed by atoms with Gasteiger partial charge in [0, 0.05) is 18.2 Å². The summed E-state index contributed by atoms with van der Waals surface area (Å²) in [6, 6.07) is 5.06. The summed E-state index contributed by atoms with van der Waals surface area (Å²) in [6.45, 7) is 6.19. The van der Waals surface area contributed by atoms with E-state index in [4.69, 9.17) is 0 Å². The second-order valence-corrected chi connectivity index (χ2v) is 5.46. The SMILES string of the molecule is C=CCC1CCCCN1C(=O)c1cccc(C(=O)O)c1C. The number of nitrogens with zero attached hydrogens (tertiary/aromatic N) is 1. The van der Waals surface area contributed by atoms with Crippen LogP contribution in [-0.2, 0) is 0 Å². The molecule has 0 aromatic heterocycles. The zero-order valence-corrected chi connectivity index (χ0v) is 12.3. The Hall–Kier alpha value is -2.10. The number of carbonyl (C=O) groups excluding carboxylic acids is 1. The predicted molar refractivity (Wildman–Crippen MR) is 81.6 cm³/mol. The average molecular weight is 287 g/mol. The number of hydrogen-bond acceptors (Lipinski definition) is 2. The lowest BCUT2D eigenvalue weighted by atomic mass is 9.96. The highest BCUT2D eigenvalue weighted by atomic mass is 16.4. The van der Waals surface area contributed by atoms with Crippen LogP contribution in [0, 0.1) is 6.92 Å². The smallest absolute Gasteiger partial charge is 0.335 e. The first-order valence-electron chi connectivity index (χ1n) is 7.31. The third kappa shape index (κ3) is 3.15. The fourth-order valence-corrected chi connectivity index (χ4v) is 2.96. The summed E-state index contributed by atoms with van der Waals surface area (Å²) in [5.41, 5.74) is 1.22. The largest absolute Gasteiger partial charge is 0.478 e. The maximum atomic E-state index is 12.8. The molecule has 2 rings (SSSR count). The van der Waals surface area contributed by atoms with E-state index < -0.39 is 5.97 Å². The maximum Gasteiger partial charge on any atom is 0.335 e. The van der Waals surface area contributed by atoms with Gasteiger partial charge in [-0.3, -0.25) is 4.79 Å². The van der Waals surface area contributed by atoms with E-state index in [1.165, 1.54) is 6.07 Å². The molecule has 0 radical (unpaired) electrons. The highest BCUT2D eigenvalue weighted by molar-refractivity contribution is 6.00. The van der Waals surface area contributed by atoms with Crippen molar-refractivity contribution in [2.75, 3.05) is 6.54 Å². The monoisotopic (exact) mass is 287 g/mol. The lowest BCUT2D eigenvalue weighted by Gasteiger charge is -2.35. The molecule has 21 heavy (non-hydrogen) atoms. The van der Waals surface area contributed by atoms with Gasteiger partial charge in [0.25, 0.3) is 5.91 Å². The van der Waals surface area contributed by atoms with Crippen molar-refractivity contribution in [2.45, 2.75) is 38.6 Å². The summed E-state index contributed by atoms with van der Waals surface area (Å²) in [7, 11) is 0. The predicted octanol–water partition coefficient (Wildman–Crippen LogP) is 3.26. The fraction of sp³-hybridized carbons (Fsp3) is 0.412. The summed E-state index contributed by atoms with van der Waals surface area (Å²) in [6.07, 6.45) is 5.73. The van der Waals surface area contributed by atoms with E-state index in [0.717, 1.165) is 32.2 Å². The van der Waals surface area contributed by atoms with Crippen LogP contribution < -0.4 is 0 Å². The molecule has 0 saturated carbocycles. The first-order chi connectivity index (χ1) is 10.1. The molecule has 1 atom stereocenters. The van der Waals surface area contributed by atoms with Crippen LogP contribution in [0.25, 0.3) is 0 Å². The van der Waals surface area contributed by atoms with Crippen LogP contribution in [0.1, 0.15) is 52.0 Å². The molecule has 4 nitrogen and oxygen atoms in total. The van der Waals surface area contributed by atoms with Crippen molar-refractivity contribution in [3.63, 3.8) is 0 Å². The van der Waals surface area contributed by atoms with E-state index in [9.17, 15) is 14.7 Å². The minimum Gasteiger partial charge on any atom is -0.478 e. The maximum absolute atomic E-state index is 12.8. The standard InChI is InChI=1S/C17H21NO3/c1-3-7-13-8-4-5-11-18(13)16(19)14-9-6-10-15(12(14)2)17(20)21/h3,6,9-10,13H,1,4-5,7-8,11H2,2H3,(H,20,21). The highest BCUT2D eigenvalue weighted by Crippen LogP contribution is 2.24. The number of carboxylic acid groups (broad SMARTS) is 1. The number of carboxylic acids is 1. The molecule has 112 valence electrons. The Labute approximate surface area is 125 Å². The van der Waals surface area contributed by atoms with Crippen molar-refractivity contribution in [2.24, 2.45) is 0 Å². The lowest BCUT2D eigenvalue weighted by molar-refractivity contribution is 0.0616. The van der Waals surface area contributed by atoms with Gasteiger partial charge in [-0.2, -0.15) is 0 Å². The number of piperidine rings is 1. The summed E-state index contributed by atoms with van der Waals surface area (Å²) < 4.78 is 0. The van der Waals surface area contributed by atoms with Crippen molar-refractivity contribution in [3.8, 4) is 0 Å². The first kappa shape index (κ1) is 15.3. The van der Waals surface area contributed by atoms with Gasteiger partial charge in [0.2, 0.25) is 0 Å². The molecule has 1 aromatic rings. The molecule has 1 aromatic carbocycles. The molecule has 1 heterocycles. The van der Waals surface area contributed by atoms with E-state index in [2.05, 4.69) is 6.58 Å². The minimum absolute atomic E-state index is 0.0675. The Balaban J connectivity index is 2.32. The van der Waals surface area contributed by atoms with E-state index in [0.29, 0.717) is 11.1 Å². The van der Waals surface area contributed by atoms with Crippen LogP contribution in [0.2, 0.25) is 0 Å². The molecule has 4 heteroatoms. The number of amides is 1. The lowest BCUT2D eigenvalue weighted by Crippen LogP contribution is -2.43. The van der Waals surface area contributed by atoms with E-state index in [1.54, 1.807) is 19.1 Å². The topological polar surface area (TPSA) is 57.6 Å². The summed E-state index contributed by atoms with van der Waals surface area (Å²) in [5.74, 6) is -1.06. The van der Waals surface area contributed by atoms with E-state index in [1.807, 2.05) is 11.0 Å². The molecule has 0 spiro atoms. The first-order valence-corrected chi connectivity index (χ1v) is 7.31. The Morgan fingerprint density at radius 1 is 1.38 bits per heavy atom. The van der Waals surface area contributed by atoms with Gasteiger partial charge in [0.1, 0.15) is 0 Å². The number of carbonyl (C=O) groups is 2. The zero-order chi connectivity index (χ0) is 15.4. The van der Waals surface area contributed by atoms with E-state index >= 15 is 0 Å². The van der Waals surface area contributed by atoms with Gasteiger partial charge in [0.15, 0.2) is 0 Å². The van der Waals surface area contributed by atoms with Gasteiger partial charge in [0.05, 0.1) is 5.56 Å². The molecule has 1 amide bonds. The molecular formula is C17H21NO3. The van der Waals surface area contributed by atoms with Crippen LogP contribution in [-0.4, -0.2) is 34.5 Å². The Morgan fingerprint density at radius 3 is 2.76 bits per heavy atom. The molecule has 1 N–H and O–H groups in total. The van der Waals surface area contributed by atoms with Crippen molar-refractivity contribution >= 4 is 11.9 Å². The molecule has 1 unspecified atom stereocenters. The summed E-state index contributed by atoms with van der Waals surface area (Å²) >= 11 is 0. The third-order valence-electron chi connectivity index (χ3n) is 4.12. The zero-order valence-electron chi connectivity index (χ0n) is 12.3. The van der Waals surface area contributed by atoms with E-state index in [-0.39, 0.29) is 17.5 Å². The number of benzene rings is 1. The second kappa shape index (κ2) is 6.57. The van der Waals surface area contributed by atoms with Crippen LogP contribution in [0.15, 0.2) is 30.9 Å². The number of hydrogen-bond donors (Lipinski definition) is 1. The molecule has 1 aliphatic rings. The van der Waals surface area contributed by atoms with Crippen LogP contribution in [0.4, 0.5) is 0 Å². The third-order valence-corrected chi connectivity index (χ3v) is 4.12. The molecular weight excluding hydrogens is 266 g/mol. The van der Waals surface area contributed by atoms with Crippen molar-refractivity contribution in [3.05, 3.63) is 47.5 Å². The van der Waals surface area contributed by atoms with Gasteiger partial charge in [-0.05, 0) is 50.3 Å². The molecule has 1 aliphatic heterocycles. The Bertz CT molecular complexity index is 565. The van der Waals surface area contributed by atoms with Crippen molar-refractivity contribution in [1.82, 2.24) is 4.90 Å². The van der Waals surface area contributed by atoms with Crippen molar-refractivity contribution < 1.29 is 14.7 Å². The summed E-state index contributed by atoms with van der Waals surface area (Å²) in [4.78, 5) is 25.9. The van der Waals surface area contributed by atoms with Gasteiger partial charge < -0.3 is 10.0 Å². The average Bonchev–Trinajstić information content (AvgIpc) is 2.47. The van der Waals surface area contributed by atoms with Crippen LogP contribution >= 0.6 is 0 Å². The molecule has 0 bridgehead atoms. The quantitative estimate of drug-likeness (QED) is 0.865. The molecule has 1 fully saturated rings. The van der Waals surface area contributed by atoms with Gasteiger partial charge in [-0.25, -0.2) is 4.79 Å². The molecule has 0 aliphatic carbocycles.